The quantitative estimate of drug-likeness (QED) is 0.242. The molecule has 3 amide bonds. The summed E-state index contributed by atoms with van der Waals surface area (Å²) in [7, 11) is -2.64. The van der Waals surface area contributed by atoms with Crippen LogP contribution in [0.1, 0.15) is 57.8 Å². The normalized spacial score (nSPS) is 24.6. The minimum absolute atomic E-state index is 0.0583. The number of carbonyl (C=O) groups excluding carboxylic acids is 3. The van der Waals surface area contributed by atoms with Gasteiger partial charge in [0.25, 0.3) is 0 Å². The van der Waals surface area contributed by atoms with Gasteiger partial charge in [-0.05, 0) is 25.7 Å². The molecule has 0 aromatic carbocycles. The van der Waals surface area contributed by atoms with Crippen LogP contribution in [0, 0.1) is 0 Å². The first-order valence-electron chi connectivity index (χ1n) is 10.6. The summed E-state index contributed by atoms with van der Waals surface area (Å²) in [4.78, 5) is 35.1. The van der Waals surface area contributed by atoms with Crippen LogP contribution in [0.5, 0.6) is 0 Å². The van der Waals surface area contributed by atoms with Gasteiger partial charge in [0.15, 0.2) is 0 Å². The molecule has 0 saturated carbocycles. The van der Waals surface area contributed by atoms with Crippen molar-refractivity contribution >= 4 is 49.4 Å². The van der Waals surface area contributed by atoms with Gasteiger partial charge in [0, 0.05) is 54.3 Å². The minimum Gasteiger partial charge on any atom is -0.354 e. The molecule has 172 valence electrons. The average molecular weight is 480 g/mol. The Hall–Kier alpha value is -0.910. The Labute approximate surface area is 188 Å². The van der Waals surface area contributed by atoms with Crippen molar-refractivity contribution in [2.75, 3.05) is 25.2 Å². The molecule has 2 aliphatic rings. The highest BCUT2D eigenvalue weighted by Crippen LogP contribution is 2.33. The van der Waals surface area contributed by atoms with Crippen molar-refractivity contribution in [3.05, 3.63) is 0 Å². The first-order valence-corrected chi connectivity index (χ1v) is 14.4. The molecule has 0 aliphatic carbocycles. The smallest absolute Gasteiger partial charge is 0.315 e. The summed E-state index contributed by atoms with van der Waals surface area (Å²) >= 11 is 6.52. The van der Waals surface area contributed by atoms with Crippen molar-refractivity contribution in [2.24, 2.45) is 0 Å². The van der Waals surface area contributed by atoms with Crippen LogP contribution < -0.4 is 16.0 Å². The third-order valence-electron chi connectivity index (χ3n) is 5.21. The number of ketones is 1. The number of thioether (sulfide) groups is 1. The van der Waals surface area contributed by atoms with Gasteiger partial charge in [0.1, 0.15) is 14.6 Å². The second-order valence-electron chi connectivity index (χ2n) is 7.84. The van der Waals surface area contributed by atoms with Crippen LogP contribution in [0.25, 0.3) is 0 Å². The molecular formula is C19H33N3O5S3. The van der Waals surface area contributed by atoms with Gasteiger partial charge in [0.05, 0.1) is 18.7 Å². The van der Waals surface area contributed by atoms with Gasteiger partial charge >= 0.3 is 6.03 Å². The minimum atomic E-state index is -2.64. The summed E-state index contributed by atoms with van der Waals surface area (Å²) in [6.07, 6.45) is 8.26. The Morgan fingerprint density at radius 2 is 1.87 bits per heavy atom. The lowest BCUT2D eigenvalue weighted by atomic mass is 10.0. The molecule has 2 saturated heterocycles. The second kappa shape index (κ2) is 12.8. The Morgan fingerprint density at radius 1 is 1.17 bits per heavy atom. The molecule has 0 spiro atoms. The molecule has 2 rings (SSSR count). The average Bonchev–Trinajstić information content (AvgIpc) is 3.21. The molecule has 0 aromatic rings. The van der Waals surface area contributed by atoms with Crippen molar-refractivity contribution in [1.82, 2.24) is 16.0 Å². The summed E-state index contributed by atoms with van der Waals surface area (Å²) in [5, 5.41) is 9.08. The van der Waals surface area contributed by atoms with Crippen LogP contribution in [-0.2, 0) is 33.7 Å². The fraction of sp³-hybridized carbons (Fsp3) is 0.842. The van der Waals surface area contributed by atoms with E-state index >= 15 is 0 Å². The van der Waals surface area contributed by atoms with Gasteiger partial charge in [-0.15, -0.1) is 0 Å². The predicted octanol–water partition coefficient (Wildman–Crippen LogP) is 1.66. The van der Waals surface area contributed by atoms with Crippen LogP contribution in [0.4, 0.5) is 4.79 Å². The van der Waals surface area contributed by atoms with Gasteiger partial charge in [-0.25, -0.2) is 9.00 Å². The lowest BCUT2D eigenvalue weighted by Crippen LogP contribution is -2.36. The zero-order valence-corrected chi connectivity index (χ0v) is 19.9. The molecule has 3 N–H and O–H groups in total. The van der Waals surface area contributed by atoms with E-state index in [1.54, 1.807) is 0 Å². The van der Waals surface area contributed by atoms with Gasteiger partial charge in [-0.2, -0.15) is 11.8 Å². The third kappa shape index (κ3) is 9.93. The van der Waals surface area contributed by atoms with Crippen LogP contribution in [0.15, 0.2) is 0 Å². The number of nitrogens with one attached hydrogen (secondary N) is 3. The van der Waals surface area contributed by atoms with Gasteiger partial charge in [-0.1, -0.05) is 12.8 Å². The van der Waals surface area contributed by atoms with Crippen LogP contribution in [-0.4, -0.2) is 64.4 Å². The van der Waals surface area contributed by atoms with Crippen molar-refractivity contribution in [3.63, 3.8) is 0 Å². The largest absolute Gasteiger partial charge is 0.354 e. The summed E-state index contributed by atoms with van der Waals surface area (Å²) < 4.78 is 16.1. The van der Waals surface area contributed by atoms with Crippen LogP contribution in [0.2, 0.25) is 0 Å². The van der Waals surface area contributed by atoms with Crippen molar-refractivity contribution in [3.8, 4) is 0 Å². The zero-order valence-electron chi connectivity index (χ0n) is 17.5. The van der Waals surface area contributed by atoms with Crippen LogP contribution in [0.3, 0.4) is 0 Å². The number of amides is 3. The molecule has 0 bridgehead atoms. The van der Waals surface area contributed by atoms with E-state index < -0.39 is 8.77 Å². The molecular weight excluding hydrogens is 446 g/mol. The number of fused-ring (bicyclic) bond motifs is 1. The van der Waals surface area contributed by atoms with Crippen molar-refractivity contribution in [1.29, 1.82) is 0 Å². The highest BCUT2D eigenvalue weighted by atomic mass is 32.8. The van der Waals surface area contributed by atoms with Gasteiger partial charge in [-0.3, -0.25) is 13.8 Å². The molecule has 0 radical (unpaired) electrons. The highest BCUT2D eigenvalue weighted by molar-refractivity contribution is 8.29. The highest BCUT2D eigenvalue weighted by Gasteiger charge is 2.42. The van der Waals surface area contributed by atoms with E-state index in [2.05, 4.69) is 27.1 Å². The van der Waals surface area contributed by atoms with E-state index in [1.807, 2.05) is 11.8 Å². The Bertz CT molecular complexity index is 702. The monoisotopic (exact) mass is 479 g/mol. The SMILES string of the molecule is CS(=O)(=S)OCCNC(=O)CCCCCC(=O)CCCCC1SCC2NC(=O)NC21. The van der Waals surface area contributed by atoms with E-state index in [-0.39, 0.29) is 36.4 Å². The number of hydrogen-bond acceptors (Lipinski definition) is 7. The summed E-state index contributed by atoms with van der Waals surface area (Å²) in [5.74, 6) is 1.18. The molecule has 4 atom stereocenters. The Balaban J connectivity index is 1.40. The number of hydrogen-bond donors (Lipinski definition) is 3. The maximum atomic E-state index is 12.0. The summed E-state index contributed by atoms with van der Waals surface area (Å²) in [5.41, 5.74) is 0. The number of carbonyl (C=O) groups is 3. The zero-order chi connectivity index (χ0) is 22.0. The number of urea groups is 1. The summed E-state index contributed by atoms with van der Waals surface area (Å²) in [6.45, 7) is 0.438. The van der Waals surface area contributed by atoms with Crippen molar-refractivity contribution in [2.45, 2.75) is 75.1 Å². The van der Waals surface area contributed by atoms with Crippen molar-refractivity contribution < 1.29 is 22.8 Å². The third-order valence-corrected chi connectivity index (χ3v) is 7.61. The Morgan fingerprint density at radius 3 is 2.60 bits per heavy atom. The van der Waals surface area contributed by atoms with Gasteiger partial charge in [0.2, 0.25) is 5.91 Å². The van der Waals surface area contributed by atoms with E-state index in [0.29, 0.717) is 31.1 Å². The molecule has 2 aliphatic heterocycles. The van der Waals surface area contributed by atoms with E-state index in [4.69, 9.17) is 4.18 Å². The standard InChI is InChI=1S/C19H33N3O5S3/c1-30(26,28)27-12-11-20-17(24)10-4-2-3-7-14(23)8-5-6-9-16-18-15(13-29-16)21-19(25)22-18/h15-16,18H,2-13H2,1H3,(H,20,24)(H2,21,22,25). The number of rotatable bonds is 15. The lowest BCUT2D eigenvalue weighted by Gasteiger charge is -2.16. The molecule has 4 unspecified atom stereocenters. The predicted molar refractivity (Wildman–Crippen MR) is 122 cm³/mol. The fourth-order valence-corrected chi connectivity index (χ4v) is 5.83. The first kappa shape index (κ1) is 25.4. The van der Waals surface area contributed by atoms with E-state index in [9.17, 15) is 18.6 Å². The molecule has 0 aromatic heterocycles. The molecule has 30 heavy (non-hydrogen) atoms. The molecule has 2 heterocycles. The topological polar surface area (TPSA) is 114 Å². The molecule has 11 heteroatoms. The van der Waals surface area contributed by atoms with E-state index in [0.717, 1.165) is 44.3 Å². The number of unbranched alkanes of at least 4 members (excludes halogenated alkanes) is 3. The second-order valence-corrected chi connectivity index (χ2v) is 12.6. The lowest BCUT2D eigenvalue weighted by molar-refractivity contribution is -0.121. The van der Waals surface area contributed by atoms with Gasteiger partial charge < -0.3 is 16.0 Å². The summed E-state index contributed by atoms with van der Waals surface area (Å²) in [6, 6.07) is 0.431. The Kier molecular flexibility index (Phi) is 10.8. The fourth-order valence-electron chi connectivity index (χ4n) is 3.69. The maximum absolute atomic E-state index is 12.0. The van der Waals surface area contributed by atoms with Crippen LogP contribution >= 0.6 is 11.8 Å². The maximum Gasteiger partial charge on any atom is 0.315 e. The molecule has 8 nitrogen and oxygen atoms in total. The first-order chi connectivity index (χ1) is 14.2. The number of Topliss-reactive ketones (excluding diaryl/α,β-unsaturated/α-hetero) is 1. The van der Waals surface area contributed by atoms with E-state index in [1.165, 1.54) is 6.26 Å². The molecule has 2 fully saturated rings.